The Kier molecular flexibility index (Phi) is 12.7. The van der Waals surface area contributed by atoms with Gasteiger partial charge in [0.15, 0.2) is 0 Å². The van der Waals surface area contributed by atoms with Crippen LogP contribution >= 0.6 is 11.8 Å². The van der Waals surface area contributed by atoms with Crippen LogP contribution in [-0.2, 0) is 24.0 Å². The van der Waals surface area contributed by atoms with Crippen molar-refractivity contribution in [3.63, 3.8) is 0 Å². The van der Waals surface area contributed by atoms with E-state index in [2.05, 4.69) is 16.0 Å². The van der Waals surface area contributed by atoms with E-state index in [9.17, 15) is 24.0 Å². The van der Waals surface area contributed by atoms with Crippen LogP contribution in [0.15, 0.2) is 0 Å². The fourth-order valence-corrected chi connectivity index (χ4v) is 2.86. The summed E-state index contributed by atoms with van der Waals surface area (Å²) < 4.78 is 0. The topological polar surface area (TPSA) is 188 Å². The van der Waals surface area contributed by atoms with Gasteiger partial charge in [0.1, 0.15) is 18.1 Å². The molecule has 3 amide bonds. The molecule has 5 atom stereocenters. The first-order valence-corrected chi connectivity index (χ1v) is 10.9. The van der Waals surface area contributed by atoms with E-state index in [1.54, 1.807) is 6.92 Å². The molecule has 0 aromatic heterocycles. The summed E-state index contributed by atoms with van der Waals surface area (Å²) in [7, 11) is 0. The summed E-state index contributed by atoms with van der Waals surface area (Å²) in [6, 6.07) is -4.49. The fraction of sp³-hybridized carbons (Fsp3) is 0.722. The number of nitrogens with two attached hydrogens (primary N) is 1. The molecule has 0 spiro atoms. The average Bonchev–Trinajstić information content (AvgIpc) is 2.67. The number of hydrogen-bond acceptors (Lipinski definition) is 7. The van der Waals surface area contributed by atoms with Gasteiger partial charge in [0.05, 0.1) is 12.5 Å². The van der Waals surface area contributed by atoms with E-state index >= 15 is 0 Å². The van der Waals surface area contributed by atoms with Crippen LogP contribution in [0.5, 0.6) is 0 Å². The average molecular weight is 449 g/mol. The molecule has 0 saturated heterocycles. The van der Waals surface area contributed by atoms with Crippen LogP contribution in [0, 0.1) is 5.92 Å². The van der Waals surface area contributed by atoms with Crippen LogP contribution in [0.25, 0.3) is 0 Å². The molecule has 7 N–H and O–H groups in total. The minimum absolute atomic E-state index is 0.235. The highest BCUT2D eigenvalue weighted by molar-refractivity contribution is 7.98. The Balaban J connectivity index is 5.36. The number of thioether (sulfide) groups is 1. The SMILES string of the molecule is CCC(C)C(NC(=O)C(CCSC)NC(=O)C(N)CC(=O)O)C(=O)NC(C)C(=O)O. The Hall–Kier alpha value is -2.34. The van der Waals surface area contributed by atoms with E-state index in [0.29, 0.717) is 12.2 Å². The minimum atomic E-state index is -1.32. The van der Waals surface area contributed by atoms with E-state index < -0.39 is 60.2 Å². The van der Waals surface area contributed by atoms with E-state index in [4.69, 9.17) is 15.9 Å². The fourth-order valence-electron chi connectivity index (χ4n) is 2.38. The summed E-state index contributed by atoms with van der Waals surface area (Å²) in [6.07, 6.45) is 1.99. The Morgan fingerprint density at radius 1 is 0.967 bits per heavy atom. The summed E-state index contributed by atoms with van der Waals surface area (Å²) in [5, 5.41) is 25.1. The van der Waals surface area contributed by atoms with Crippen LogP contribution < -0.4 is 21.7 Å². The smallest absolute Gasteiger partial charge is 0.325 e. The first-order valence-electron chi connectivity index (χ1n) is 9.54. The lowest BCUT2D eigenvalue weighted by Crippen LogP contribution is -2.58. The van der Waals surface area contributed by atoms with Gasteiger partial charge in [-0.3, -0.25) is 24.0 Å². The van der Waals surface area contributed by atoms with Crippen molar-refractivity contribution in [2.24, 2.45) is 11.7 Å². The molecule has 11 nitrogen and oxygen atoms in total. The predicted molar refractivity (Wildman–Crippen MR) is 112 cm³/mol. The van der Waals surface area contributed by atoms with Gasteiger partial charge < -0.3 is 31.9 Å². The predicted octanol–water partition coefficient (Wildman–Crippen LogP) is -0.853. The van der Waals surface area contributed by atoms with Crippen molar-refractivity contribution < 1.29 is 34.2 Å². The lowest BCUT2D eigenvalue weighted by molar-refractivity contribution is -0.142. The van der Waals surface area contributed by atoms with Crippen molar-refractivity contribution in [2.75, 3.05) is 12.0 Å². The van der Waals surface area contributed by atoms with Crippen molar-refractivity contribution in [3.8, 4) is 0 Å². The molecule has 30 heavy (non-hydrogen) atoms. The van der Waals surface area contributed by atoms with E-state index in [0.717, 1.165) is 0 Å². The number of hydrogen-bond donors (Lipinski definition) is 6. The van der Waals surface area contributed by atoms with Gasteiger partial charge >= 0.3 is 11.9 Å². The zero-order chi connectivity index (χ0) is 23.4. The second-order valence-electron chi connectivity index (χ2n) is 6.99. The molecule has 0 aromatic carbocycles. The largest absolute Gasteiger partial charge is 0.481 e. The van der Waals surface area contributed by atoms with E-state index in [-0.39, 0.29) is 12.3 Å². The molecule has 0 heterocycles. The Bertz CT molecular complexity index is 632. The number of carboxylic acids is 2. The third kappa shape index (κ3) is 9.92. The van der Waals surface area contributed by atoms with Gasteiger partial charge in [-0.1, -0.05) is 20.3 Å². The molecular formula is C18H32N4O7S. The van der Waals surface area contributed by atoms with Crippen molar-refractivity contribution in [1.82, 2.24) is 16.0 Å². The molecule has 12 heteroatoms. The third-order valence-electron chi connectivity index (χ3n) is 4.50. The Labute approximate surface area is 179 Å². The number of amides is 3. The van der Waals surface area contributed by atoms with E-state index in [1.165, 1.54) is 18.7 Å². The zero-order valence-electron chi connectivity index (χ0n) is 17.6. The minimum Gasteiger partial charge on any atom is -0.481 e. The molecule has 0 bridgehead atoms. The van der Waals surface area contributed by atoms with Gasteiger partial charge in [0.2, 0.25) is 17.7 Å². The number of carbonyl (C=O) groups excluding carboxylic acids is 3. The molecule has 0 saturated carbocycles. The molecule has 5 unspecified atom stereocenters. The third-order valence-corrected chi connectivity index (χ3v) is 5.14. The first kappa shape index (κ1) is 27.7. The maximum absolute atomic E-state index is 12.8. The summed E-state index contributed by atoms with van der Waals surface area (Å²) in [5.41, 5.74) is 5.55. The molecule has 0 aromatic rings. The highest BCUT2D eigenvalue weighted by Gasteiger charge is 2.31. The molecule has 0 radical (unpaired) electrons. The Morgan fingerprint density at radius 2 is 1.57 bits per heavy atom. The molecule has 0 aliphatic rings. The van der Waals surface area contributed by atoms with Crippen LogP contribution in [0.4, 0.5) is 0 Å². The van der Waals surface area contributed by atoms with Gasteiger partial charge in [-0.2, -0.15) is 11.8 Å². The first-order chi connectivity index (χ1) is 13.9. The highest BCUT2D eigenvalue weighted by Crippen LogP contribution is 2.10. The second-order valence-corrected chi connectivity index (χ2v) is 7.97. The van der Waals surface area contributed by atoms with Gasteiger partial charge in [0, 0.05) is 0 Å². The molecule has 172 valence electrons. The number of nitrogens with one attached hydrogen (secondary N) is 3. The van der Waals surface area contributed by atoms with Gasteiger partial charge in [-0.05, 0) is 31.3 Å². The van der Waals surface area contributed by atoms with Crippen LogP contribution in [0.2, 0.25) is 0 Å². The lowest BCUT2D eigenvalue weighted by atomic mass is 9.97. The Morgan fingerprint density at radius 3 is 2.03 bits per heavy atom. The van der Waals surface area contributed by atoms with Crippen molar-refractivity contribution in [1.29, 1.82) is 0 Å². The van der Waals surface area contributed by atoms with Crippen LogP contribution in [0.1, 0.15) is 40.0 Å². The van der Waals surface area contributed by atoms with Crippen LogP contribution in [0.3, 0.4) is 0 Å². The van der Waals surface area contributed by atoms with Gasteiger partial charge in [0.25, 0.3) is 0 Å². The van der Waals surface area contributed by atoms with Crippen molar-refractivity contribution in [3.05, 3.63) is 0 Å². The molecular weight excluding hydrogens is 416 g/mol. The molecule has 0 rings (SSSR count). The highest BCUT2D eigenvalue weighted by atomic mass is 32.2. The number of aliphatic carboxylic acids is 2. The molecule has 0 fully saturated rings. The zero-order valence-corrected chi connectivity index (χ0v) is 18.5. The van der Waals surface area contributed by atoms with Crippen LogP contribution in [-0.4, -0.2) is 76.0 Å². The number of carbonyl (C=O) groups is 5. The monoisotopic (exact) mass is 448 g/mol. The maximum atomic E-state index is 12.8. The van der Waals surface area contributed by atoms with E-state index in [1.807, 2.05) is 13.2 Å². The standard InChI is InChI=1S/C18H32N4O7S/c1-5-9(2)14(17(27)20-10(3)18(28)29)22-16(26)12(6-7-30-4)21-15(25)11(19)8-13(23)24/h9-12,14H,5-8,19H2,1-4H3,(H,20,27)(H,21,25)(H,22,26)(H,23,24)(H,28,29). The normalized spacial score (nSPS) is 15.8. The summed E-state index contributed by atoms with van der Waals surface area (Å²) in [6.45, 7) is 4.85. The number of carboxylic acid groups (broad SMARTS) is 2. The quantitative estimate of drug-likeness (QED) is 0.197. The molecule has 0 aliphatic heterocycles. The summed E-state index contributed by atoms with van der Waals surface area (Å²) in [5.74, 6) is -4.32. The second kappa shape index (κ2) is 13.8. The van der Waals surface area contributed by atoms with Gasteiger partial charge in [-0.25, -0.2) is 0 Å². The van der Waals surface area contributed by atoms with Crippen molar-refractivity contribution in [2.45, 2.75) is 64.2 Å². The summed E-state index contributed by atoms with van der Waals surface area (Å²) >= 11 is 1.44. The maximum Gasteiger partial charge on any atom is 0.325 e. The van der Waals surface area contributed by atoms with Gasteiger partial charge in [-0.15, -0.1) is 0 Å². The number of rotatable bonds is 14. The summed E-state index contributed by atoms with van der Waals surface area (Å²) in [4.78, 5) is 59.2. The molecule has 0 aliphatic carbocycles. The van der Waals surface area contributed by atoms with Crippen molar-refractivity contribution >= 4 is 41.4 Å². The lowest BCUT2D eigenvalue weighted by Gasteiger charge is -2.27.